The average molecular weight is 385 g/mol. The number of carbonyl (C=O) groups is 2. The highest BCUT2D eigenvalue weighted by molar-refractivity contribution is 5.93. The normalized spacial score (nSPS) is 21.3. The average Bonchev–Trinajstić information content (AvgIpc) is 3.15. The second kappa shape index (κ2) is 7.75. The van der Waals surface area contributed by atoms with E-state index in [9.17, 15) is 27.9 Å². The lowest BCUT2D eigenvalue weighted by Gasteiger charge is -2.35. The van der Waals surface area contributed by atoms with Crippen LogP contribution < -0.4 is 10.2 Å². The van der Waals surface area contributed by atoms with E-state index in [-0.39, 0.29) is 6.04 Å². The van der Waals surface area contributed by atoms with Gasteiger partial charge in [0.15, 0.2) is 0 Å². The van der Waals surface area contributed by atoms with Crippen LogP contribution in [0.3, 0.4) is 0 Å². The van der Waals surface area contributed by atoms with Crippen LogP contribution in [0.1, 0.15) is 24.8 Å². The first-order chi connectivity index (χ1) is 12.8. The maximum Gasteiger partial charge on any atom is 0.416 e. The van der Waals surface area contributed by atoms with Crippen LogP contribution in [0.2, 0.25) is 0 Å². The van der Waals surface area contributed by atoms with Gasteiger partial charge in [-0.25, -0.2) is 9.69 Å². The summed E-state index contributed by atoms with van der Waals surface area (Å²) in [6, 6.07) is 4.77. The van der Waals surface area contributed by atoms with Gasteiger partial charge in [0, 0.05) is 31.2 Å². The van der Waals surface area contributed by atoms with Gasteiger partial charge in [0.25, 0.3) is 0 Å². The third kappa shape index (κ3) is 4.35. The number of halogens is 3. The molecule has 3 rings (SSSR count). The first-order valence-electron chi connectivity index (χ1n) is 8.96. The van der Waals surface area contributed by atoms with E-state index in [1.807, 2.05) is 0 Å². The number of anilines is 1. The minimum atomic E-state index is -4.40. The topological polar surface area (TPSA) is 72.9 Å². The number of imide groups is 1. The highest BCUT2D eigenvalue weighted by atomic mass is 19.4. The summed E-state index contributed by atoms with van der Waals surface area (Å²) in [5, 5.41) is 12.5. The number of alkyl halides is 3. The van der Waals surface area contributed by atoms with Crippen molar-refractivity contribution in [1.29, 1.82) is 0 Å². The Morgan fingerprint density at radius 3 is 2.44 bits per heavy atom. The second-order valence-corrected chi connectivity index (χ2v) is 6.95. The molecule has 0 aromatic heterocycles. The molecule has 9 heteroatoms. The summed E-state index contributed by atoms with van der Waals surface area (Å²) in [7, 11) is 0. The van der Waals surface area contributed by atoms with Crippen molar-refractivity contribution in [2.24, 2.45) is 5.92 Å². The number of piperidine rings is 1. The first kappa shape index (κ1) is 19.5. The van der Waals surface area contributed by atoms with Crippen molar-refractivity contribution in [3.05, 3.63) is 29.8 Å². The maximum atomic E-state index is 12.9. The van der Waals surface area contributed by atoms with E-state index in [0.717, 1.165) is 17.0 Å². The molecule has 2 aliphatic heterocycles. The summed E-state index contributed by atoms with van der Waals surface area (Å²) < 4.78 is 38.7. The summed E-state index contributed by atoms with van der Waals surface area (Å²) >= 11 is 0. The summed E-state index contributed by atoms with van der Waals surface area (Å²) in [5.74, 6) is -0.830. The zero-order chi connectivity index (χ0) is 19.6. The summed E-state index contributed by atoms with van der Waals surface area (Å²) in [4.78, 5) is 27.0. The molecule has 2 fully saturated rings. The minimum Gasteiger partial charge on any atom is -0.465 e. The van der Waals surface area contributed by atoms with Crippen molar-refractivity contribution in [3.8, 4) is 0 Å². The molecular formula is C18H22F3N3O3. The molecule has 2 aliphatic rings. The number of nitrogens with one attached hydrogen (secondary N) is 1. The van der Waals surface area contributed by atoms with Crippen LogP contribution in [0.25, 0.3) is 0 Å². The second-order valence-electron chi connectivity index (χ2n) is 6.95. The summed E-state index contributed by atoms with van der Waals surface area (Å²) in [6.07, 6.45) is -4.21. The third-order valence-electron chi connectivity index (χ3n) is 5.23. The fourth-order valence-electron chi connectivity index (χ4n) is 3.75. The zero-order valence-corrected chi connectivity index (χ0v) is 14.7. The molecule has 0 saturated carbocycles. The lowest BCUT2D eigenvalue weighted by atomic mass is 9.94. The number of benzene rings is 1. The maximum absolute atomic E-state index is 12.9. The van der Waals surface area contributed by atoms with Gasteiger partial charge in [-0.05, 0) is 44.0 Å². The Bertz CT molecular complexity index is 697. The van der Waals surface area contributed by atoms with Gasteiger partial charge in [-0.1, -0.05) is 6.07 Å². The SMILES string of the molecule is O=C(O)N(C(=O)C1CCN(c2cccc(C(F)(F)F)c2)CC1)C1CCNC1. The Morgan fingerprint density at radius 2 is 1.89 bits per heavy atom. The van der Waals surface area contributed by atoms with Crippen molar-refractivity contribution in [1.82, 2.24) is 10.2 Å². The molecule has 2 saturated heterocycles. The smallest absolute Gasteiger partial charge is 0.416 e. The Labute approximate surface area is 154 Å². The molecule has 27 heavy (non-hydrogen) atoms. The Hall–Kier alpha value is -2.29. The molecule has 2 heterocycles. The lowest BCUT2D eigenvalue weighted by molar-refractivity contribution is -0.137. The molecule has 0 bridgehead atoms. The van der Waals surface area contributed by atoms with Crippen LogP contribution in [0, 0.1) is 5.92 Å². The van der Waals surface area contributed by atoms with Gasteiger partial charge in [-0.3, -0.25) is 4.79 Å². The van der Waals surface area contributed by atoms with E-state index in [1.165, 1.54) is 6.07 Å². The number of hydrogen-bond donors (Lipinski definition) is 2. The molecule has 1 aromatic carbocycles. The highest BCUT2D eigenvalue weighted by Gasteiger charge is 2.37. The molecule has 148 valence electrons. The van der Waals surface area contributed by atoms with E-state index < -0.39 is 29.7 Å². The van der Waals surface area contributed by atoms with E-state index in [1.54, 1.807) is 11.0 Å². The van der Waals surface area contributed by atoms with Gasteiger partial charge < -0.3 is 15.3 Å². The van der Waals surface area contributed by atoms with E-state index >= 15 is 0 Å². The Kier molecular flexibility index (Phi) is 5.59. The summed E-state index contributed by atoms with van der Waals surface area (Å²) in [6.45, 7) is 1.96. The molecule has 0 radical (unpaired) electrons. The Morgan fingerprint density at radius 1 is 1.19 bits per heavy atom. The number of nitrogens with zero attached hydrogens (tertiary/aromatic N) is 2. The van der Waals surface area contributed by atoms with Gasteiger partial charge in [0.1, 0.15) is 0 Å². The predicted molar refractivity (Wildman–Crippen MR) is 92.5 cm³/mol. The molecule has 0 spiro atoms. The van der Waals surface area contributed by atoms with Crippen LogP contribution >= 0.6 is 0 Å². The standard InChI is InChI=1S/C18H22F3N3O3/c19-18(20,21)13-2-1-3-14(10-13)23-8-5-12(6-9-23)16(25)24(17(26)27)15-4-7-22-11-15/h1-3,10,12,15,22H,4-9,11H2,(H,26,27). The van der Waals surface area contributed by atoms with Gasteiger partial charge in [-0.2, -0.15) is 13.2 Å². The molecule has 2 amide bonds. The predicted octanol–water partition coefficient (Wildman–Crippen LogP) is 2.79. The van der Waals surface area contributed by atoms with Crippen molar-refractivity contribution < 1.29 is 27.9 Å². The van der Waals surface area contributed by atoms with Crippen LogP contribution in [0.4, 0.5) is 23.7 Å². The molecule has 1 atom stereocenters. The third-order valence-corrected chi connectivity index (χ3v) is 5.23. The van der Waals surface area contributed by atoms with Crippen LogP contribution in [-0.2, 0) is 11.0 Å². The fraction of sp³-hybridized carbons (Fsp3) is 0.556. The quantitative estimate of drug-likeness (QED) is 0.837. The number of carbonyl (C=O) groups excluding carboxylic acids is 1. The number of hydrogen-bond acceptors (Lipinski definition) is 4. The number of amides is 2. The molecular weight excluding hydrogens is 363 g/mol. The van der Waals surface area contributed by atoms with Gasteiger partial charge in [0.2, 0.25) is 5.91 Å². The van der Waals surface area contributed by atoms with Crippen molar-refractivity contribution in [3.63, 3.8) is 0 Å². The molecule has 1 aromatic rings. The van der Waals surface area contributed by atoms with E-state index in [4.69, 9.17) is 0 Å². The van der Waals surface area contributed by atoms with Gasteiger partial charge >= 0.3 is 12.3 Å². The van der Waals surface area contributed by atoms with Crippen LogP contribution in [0.15, 0.2) is 24.3 Å². The molecule has 1 unspecified atom stereocenters. The monoisotopic (exact) mass is 385 g/mol. The van der Waals surface area contributed by atoms with Gasteiger partial charge in [0.05, 0.1) is 11.6 Å². The minimum absolute atomic E-state index is 0.350. The first-order valence-corrected chi connectivity index (χ1v) is 8.96. The molecule has 2 N–H and O–H groups in total. The largest absolute Gasteiger partial charge is 0.465 e. The molecule has 0 aliphatic carbocycles. The van der Waals surface area contributed by atoms with E-state index in [0.29, 0.717) is 51.1 Å². The Balaban J connectivity index is 1.64. The lowest BCUT2D eigenvalue weighted by Crippen LogP contribution is -2.50. The number of rotatable bonds is 3. The summed E-state index contributed by atoms with van der Waals surface area (Å²) in [5.41, 5.74) is -0.241. The van der Waals surface area contributed by atoms with Crippen LogP contribution in [0.5, 0.6) is 0 Å². The highest BCUT2D eigenvalue weighted by Crippen LogP contribution is 2.33. The van der Waals surface area contributed by atoms with Crippen LogP contribution in [-0.4, -0.2) is 54.2 Å². The van der Waals surface area contributed by atoms with Crippen molar-refractivity contribution >= 4 is 17.7 Å². The van der Waals surface area contributed by atoms with Gasteiger partial charge in [-0.15, -0.1) is 0 Å². The van der Waals surface area contributed by atoms with Crippen molar-refractivity contribution in [2.75, 3.05) is 31.1 Å². The zero-order valence-electron chi connectivity index (χ0n) is 14.7. The van der Waals surface area contributed by atoms with Crippen molar-refractivity contribution in [2.45, 2.75) is 31.5 Å². The molecule has 6 nitrogen and oxygen atoms in total. The number of carboxylic acid groups (broad SMARTS) is 1. The fourth-order valence-corrected chi connectivity index (χ4v) is 3.75. The van der Waals surface area contributed by atoms with E-state index in [2.05, 4.69) is 5.32 Å².